The second kappa shape index (κ2) is 8.15. The fourth-order valence-electron chi connectivity index (χ4n) is 3.82. The molecule has 2 heterocycles. The molecule has 1 saturated heterocycles. The number of aryl methyl sites for hydroxylation is 2. The molecule has 4 rings (SSSR count). The number of carbonyl (C=O) groups excluding carboxylic acids is 1. The first-order valence-corrected chi connectivity index (χ1v) is 9.57. The Labute approximate surface area is 159 Å². The zero-order valence-corrected chi connectivity index (χ0v) is 15.8. The molecule has 0 bridgehead atoms. The summed E-state index contributed by atoms with van der Waals surface area (Å²) in [7, 11) is 1.68. The number of furan rings is 1. The summed E-state index contributed by atoms with van der Waals surface area (Å²) in [4.78, 5) is 14.8. The Morgan fingerprint density at radius 3 is 2.74 bits per heavy atom. The topological polar surface area (TPSA) is 63.9 Å². The molecule has 0 radical (unpaired) electrons. The van der Waals surface area contributed by atoms with Crippen molar-refractivity contribution in [1.29, 1.82) is 0 Å². The Morgan fingerprint density at radius 1 is 1.19 bits per heavy atom. The molecule has 1 fully saturated rings. The maximum atomic E-state index is 12.5. The van der Waals surface area contributed by atoms with Gasteiger partial charge in [-0.1, -0.05) is 6.07 Å². The smallest absolute Gasteiger partial charge is 0.254 e. The Kier molecular flexibility index (Phi) is 5.45. The van der Waals surface area contributed by atoms with Crippen LogP contribution in [0, 0.1) is 0 Å². The van der Waals surface area contributed by atoms with E-state index in [0.29, 0.717) is 18.7 Å². The number of amides is 1. The van der Waals surface area contributed by atoms with Crippen LogP contribution in [0.5, 0.6) is 5.75 Å². The van der Waals surface area contributed by atoms with Crippen LogP contribution in [0.1, 0.15) is 39.2 Å². The number of methoxy groups -OCH3 is 1. The summed E-state index contributed by atoms with van der Waals surface area (Å²) in [5.74, 6) is 1.52. The second-order valence-corrected chi connectivity index (χ2v) is 7.16. The molecule has 0 saturated carbocycles. The number of carbonyl (C=O) groups is 1. The number of fused-ring (bicyclic) bond motifs is 1. The van der Waals surface area contributed by atoms with E-state index in [0.717, 1.165) is 56.2 Å². The molecule has 0 spiro atoms. The van der Waals surface area contributed by atoms with Crippen LogP contribution in [-0.2, 0) is 30.7 Å². The molecule has 1 aromatic heterocycles. The molecule has 1 aliphatic heterocycles. The largest absolute Gasteiger partial charge is 0.496 e. The van der Waals surface area contributed by atoms with Gasteiger partial charge in [-0.2, -0.15) is 0 Å². The van der Waals surface area contributed by atoms with E-state index in [1.807, 2.05) is 6.07 Å². The normalized spacial score (nSPS) is 16.9. The van der Waals surface area contributed by atoms with Gasteiger partial charge in [-0.05, 0) is 42.5 Å². The highest BCUT2D eigenvalue weighted by atomic mass is 16.5. The lowest BCUT2D eigenvalue weighted by Gasteiger charge is -2.25. The highest BCUT2D eigenvalue weighted by molar-refractivity contribution is 5.93. The van der Waals surface area contributed by atoms with Crippen molar-refractivity contribution in [2.45, 2.75) is 32.4 Å². The average molecular weight is 370 g/mol. The van der Waals surface area contributed by atoms with Gasteiger partial charge in [0.2, 0.25) is 0 Å². The van der Waals surface area contributed by atoms with Crippen LogP contribution in [0.15, 0.2) is 28.9 Å². The Balaban J connectivity index is 1.37. The zero-order chi connectivity index (χ0) is 18.6. The highest BCUT2D eigenvalue weighted by Gasteiger charge is 2.18. The van der Waals surface area contributed by atoms with Crippen LogP contribution in [0.4, 0.5) is 0 Å². The van der Waals surface area contributed by atoms with E-state index in [2.05, 4.69) is 22.3 Å². The Morgan fingerprint density at radius 2 is 1.96 bits per heavy atom. The summed E-state index contributed by atoms with van der Waals surface area (Å²) >= 11 is 0. The number of hydrogen-bond donors (Lipinski definition) is 1. The number of nitrogens with one attached hydrogen (secondary N) is 1. The van der Waals surface area contributed by atoms with E-state index in [4.69, 9.17) is 13.9 Å². The zero-order valence-electron chi connectivity index (χ0n) is 15.8. The van der Waals surface area contributed by atoms with Crippen LogP contribution in [0.25, 0.3) is 0 Å². The maximum absolute atomic E-state index is 12.5. The number of rotatable bonds is 6. The molecular weight excluding hydrogens is 344 g/mol. The summed E-state index contributed by atoms with van der Waals surface area (Å²) in [6.45, 7) is 4.42. The van der Waals surface area contributed by atoms with E-state index in [9.17, 15) is 4.79 Å². The highest BCUT2D eigenvalue weighted by Crippen LogP contribution is 2.29. The number of benzene rings is 1. The van der Waals surface area contributed by atoms with Crippen molar-refractivity contribution in [3.63, 3.8) is 0 Å². The van der Waals surface area contributed by atoms with E-state index in [-0.39, 0.29) is 5.91 Å². The second-order valence-electron chi connectivity index (χ2n) is 7.16. The van der Waals surface area contributed by atoms with Crippen LogP contribution in [-0.4, -0.2) is 44.2 Å². The van der Waals surface area contributed by atoms with Gasteiger partial charge in [0.1, 0.15) is 17.8 Å². The lowest BCUT2D eigenvalue weighted by Crippen LogP contribution is -2.35. The molecule has 2 aromatic rings. The molecule has 1 aliphatic carbocycles. The van der Waals surface area contributed by atoms with Gasteiger partial charge in [0.05, 0.1) is 32.4 Å². The van der Waals surface area contributed by atoms with E-state index in [1.54, 1.807) is 7.11 Å². The van der Waals surface area contributed by atoms with Crippen LogP contribution < -0.4 is 10.1 Å². The van der Waals surface area contributed by atoms with Crippen molar-refractivity contribution in [2.75, 3.05) is 33.4 Å². The van der Waals surface area contributed by atoms with Crippen LogP contribution >= 0.6 is 0 Å². The molecule has 1 amide bonds. The summed E-state index contributed by atoms with van der Waals surface area (Å²) in [6.07, 6.45) is 4.94. The van der Waals surface area contributed by atoms with Gasteiger partial charge in [-0.15, -0.1) is 0 Å². The van der Waals surface area contributed by atoms with Crippen molar-refractivity contribution in [3.05, 3.63) is 52.5 Å². The minimum absolute atomic E-state index is 0.130. The molecule has 0 unspecified atom stereocenters. The summed E-state index contributed by atoms with van der Waals surface area (Å²) < 4.78 is 16.4. The third-order valence-electron chi connectivity index (χ3n) is 5.33. The van der Waals surface area contributed by atoms with E-state index < -0.39 is 0 Å². The van der Waals surface area contributed by atoms with Crippen molar-refractivity contribution >= 4 is 5.91 Å². The molecule has 0 atom stereocenters. The third-order valence-corrected chi connectivity index (χ3v) is 5.33. The number of nitrogens with zero attached hydrogens (tertiary/aromatic N) is 1. The fourth-order valence-corrected chi connectivity index (χ4v) is 3.82. The minimum atomic E-state index is -0.130. The lowest BCUT2D eigenvalue weighted by molar-refractivity contribution is 0.0313. The van der Waals surface area contributed by atoms with Gasteiger partial charge < -0.3 is 19.2 Å². The molecule has 6 nitrogen and oxygen atoms in total. The SMILES string of the molecule is COc1cc2c(cc1CNC(=O)c1coc(CN3CCOCC3)c1)CCC2. The van der Waals surface area contributed by atoms with Crippen LogP contribution in [0.2, 0.25) is 0 Å². The molecule has 2 aliphatic rings. The molecule has 144 valence electrons. The summed E-state index contributed by atoms with van der Waals surface area (Å²) in [5, 5.41) is 2.99. The first kappa shape index (κ1) is 18.1. The maximum Gasteiger partial charge on any atom is 0.254 e. The standard InChI is InChI=1S/C21H26N2O4/c1-25-20-11-16-4-2-3-15(16)9-17(20)12-22-21(24)18-10-19(27-14-18)13-23-5-7-26-8-6-23/h9-11,14H,2-8,12-13H2,1H3,(H,22,24). The first-order chi connectivity index (χ1) is 13.2. The van der Waals surface area contributed by atoms with Crippen molar-refractivity contribution in [2.24, 2.45) is 0 Å². The Hall–Kier alpha value is -2.31. The summed E-state index contributed by atoms with van der Waals surface area (Å²) in [5.41, 5.74) is 4.31. The Bertz CT molecular complexity index is 809. The van der Waals surface area contributed by atoms with E-state index >= 15 is 0 Å². The number of morpholine rings is 1. The van der Waals surface area contributed by atoms with Gasteiger partial charge >= 0.3 is 0 Å². The van der Waals surface area contributed by atoms with E-state index in [1.165, 1.54) is 23.8 Å². The average Bonchev–Trinajstić information content (AvgIpc) is 3.35. The third kappa shape index (κ3) is 4.17. The molecule has 1 aromatic carbocycles. The predicted octanol–water partition coefficient (Wildman–Crippen LogP) is 2.54. The van der Waals surface area contributed by atoms with Crippen LogP contribution in [0.3, 0.4) is 0 Å². The molecule has 1 N–H and O–H groups in total. The lowest BCUT2D eigenvalue weighted by atomic mass is 10.0. The first-order valence-electron chi connectivity index (χ1n) is 9.57. The van der Waals surface area contributed by atoms with Gasteiger partial charge in [0.25, 0.3) is 5.91 Å². The number of ether oxygens (including phenoxy) is 2. The number of hydrogen-bond acceptors (Lipinski definition) is 5. The fraction of sp³-hybridized carbons (Fsp3) is 0.476. The van der Waals surface area contributed by atoms with Crippen molar-refractivity contribution in [3.8, 4) is 5.75 Å². The predicted molar refractivity (Wildman–Crippen MR) is 101 cm³/mol. The molecular formula is C21H26N2O4. The van der Waals surface area contributed by atoms with Gasteiger partial charge in [-0.25, -0.2) is 0 Å². The van der Waals surface area contributed by atoms with Crippen molar-refractivity contribution < 1.29 is 18.7 Å². The van der Waals surface area contributed by atoms with Gasteiger partial charge in [0, 0.05) is 25.2 Å². The molecule has 6 heteroatoms. The molecule has 27 heavy (non-hydrogen) atoms. The monoisotopic (exact) mass is 370 g/mol. The van der Waals surface area contributed by atoms with Gasteiger partial charge in [0.15, 0.2) is 0 Å². The minimum Gasteiger partial charge on any atom is -0.496 e. The quantitative estimate of drug-likeness (QED) is 0.847. The van der Waals surface area contributed by atoms with Gasteiger partial charge in [-0.3, -0.25) is 9.69 Å². The summed E-state index contributed by atoms with van der Waals surface area (Å²) in [6, 6.07) is 6.10. The van der Waals surface area contributed by atoms with Crippen molar-refractivity contribution in [1.82, 2.24) is 10.2 Å².